The summed E-state index contributed by atoms with van der Waals surface area (Å²) in [6.07, 6.45) is 5.62. The Balaban J connectivity index is 1.44. The molecule has 2 aromatic heterocycles. The van der Waals surface area contributed by atoms with Gasteiger partial charge in [0.25, 0.3) is 11.8 Å². The van der Waals surface area contributed by atoms with Crippen molar-refractivity contribution < 1.29 is 52.2 Å². The Hall–Kier alpha value is -5.40. The Labute approximate surface area is 347 Å². The predicted molar refractivity (Wildman–Crippen MR) is 218 cm³/mol. The average molecular weight is 845 g/mol. The van der Waals surface area contributed by atoms with Gasteiger partial charge in [0.05, 0.1) is 25.5 Å². The molecule has 324 valence electrons. The van der Waals surface area contributed by atoms with Crippen LogP contribution in [0.15, 0.2) is 33.1 Å². The molecule has 0 saturated carbocycles. The van der Waals surface area contributed by atoms with E-state index in [1.807, 2.05) is 0 Å². The SMILES string of the molecule is CCCCOc1cnc(-c2nc(C(=O)NC[C@H]3NC(=O)[C@H]3NC(=O)/C(=N\OC(C)(C)C(=O)OC(C)(C)C)C3CSC(NC(=O)OC(C)(C)C)=N3)co2)cc1OCCCC. The number of unbranched alkanes of at least 4 members (excludes halogenated alkanes) is 2. The van der Waals surface area contributed by atoms with Crippen molar-refractivity contribution in [3.05, 3.63) is 24.2 Å². The Kier molecular flexibility index (Phi) is 15.7. The van der Waals surface area contributed by atoms with E-state index in [4.69, 9.17) is 28.2 Å². The van der Waals surface area contributed by atoms with Crippen LogP contribution in [0.2, 0.25) is 0 Å². The number of nitrogens with one attached hydrogen (secondary N) is 4. The van der Waals surface area contributed by atoms with Crippen LogP contribution in [0.25, 0.3) is 11.6 Å². The van der Waals surface area contributed by atoms with Crippen LogP contribution in [0.5, 0.6) is 11.5 Å². The second-order valence-electron chi connectivity index (χ2n) is 16.2. The molecule has 2 aliphatic rings. The highest BCUT2D eigenvalue weighted by atomic mass is 32.2. The molecule has 0 bridgehead atoms. The molecule has 0 aromatic carbocycles. The molecule has 1 unspecified atom stereocenters. The fourth-order valence-corrected chi connectivity index (χ4v) is 5.93. The van der Waals surface area contributed by atoms with Crippen molar-refractivity contribution in [3.63, 3.8) is 0 Å². The van der Waals surface area contributed by atoms with Crippen LogP contribution in [-0.2, 0) is 28.7 Å². The molecule has 20 heteroatoms. The third-order valence-electron chi connectivity index (χ3n) is 8.15. The minimum atomic E-state index is -1.62. The average Bonchev–Trinajstić information content (AvgIpc) is 3.82. The van der Waals surface area contributed by atoms with E-state index in [2.05, 4.69) is 55.2 Å². The molecule has 4 N–H and O–H groups in total. The summed E-state index contributed by atoms with van der Waals surface area (Å²) in [5.41, 5.74) is -3.20. The summed E-state index contributed by atoms with van der Waals surface area (Å²) in [5.74, 6) is -1.46. The highest BCUT2D eigenvalue weighted by Gasteiger charge is 2.43. The lowest BCUT2D eigenvalue weighted by atomic mass is 9.98. The van der Waals surface area contributed by atoms with Crippen molar-refractivity contribution in [3.8, 4) is 23.1 Å². The first-order valence-electron chi connectivity index (χ1n) is 19.5. The van der Waals surface area contributed by atoms with E-state index in [0.717, 1.165) is 37.4 Å². The number of alkyl carbamates (subject to hydrolysis) is 1. The molecule has 0 spiro atoms. The maximum absolute atomic E-state index is 13.8. The highest BCUT2D eigenvalue weighted by Crippen LogP contribution is 2.31. The van der Waals surface area contributed by atoms with Crippen LogP contribution >= 0.6 is 11.8 Å². The summed E-state index contributed by atoms with van der Waals surface area (Å²) in [6, 6.07) is -1.13. The van der Waals surface area contributed by atoms with Gasteiger partial charge in [0.2, 0.25) is 17.4 Å². The van der Waals surface area contributed by atoms with Gasteiger partial charge in [0.15, 0.2) is 28.1 Å². The summed E-state index contributed by atoms with van der Waals surface area (Å²) >= 11 is 1.13. The minimum absolute atomic E-state index is 0.0451. The maximum atomic E-state index is 13.8. The zero-order chi connectivity index (χ0) is 43.5. The molecule has 3 atom stereocenters. The number of aliphatic imine (C=N–C) groups is 1. The van der Waals surface area contributed by atoms with Crippen molar-refractivity contribution in [2.75, 3.05) is 25.5 Å². The first-order chi connectivity index (χ1) is 27.7. The van der Waals surface area contributed by atoms with Gasteiger partial charge in [-0.15, -0.1) is 0 Å². The van der Waals surface area contributed by atoms with Crippen LogP contribution in [0.3, 0.4) is 0 Å². The molecule has 0 radical (unpaired) electrons. The van der Waals surface area contributed by atoms with Crippen LogP contribution < -0.4 is 30.7 Å². The molecule has 19 nitrogen and oxygen atoms in total. The van der Waals surface area contributed by atoms with Crippen molar-refractivity contribution in [1.82, 2.24) is 31.2 Å². The summed E-state index contributed by atoms with van der Waals surface area (Å²) < 4.78 is 28.1. The third-order valence-corrected chi connectivity index (χ3v) is 9.11. The number of rotatable bonds is 18. The number of thioether (sulfide) groups is 1. The van der Waals surface area contributed by atoms with Crippen LogP contribution in [0.4, 0.5) is 4.79 Å². The third kappa shape index (κ3) is 13.9. The van der Waals surface area contributed by atoms with Gasteiger partial charge in [-0.05, 0) is 68.2 Å². The van der Waals surface area contributed by atoms with Gasteiger partial charge < -0.3 is 44.2 Å². The lowest BCUT2D eigenvalue weighted by molar-refractivity contribution is -0.179. The van der Waals surface area contributed by atoms with E-state index in [1.165, 1.54) is 26.3 Å². The Morgan fingerprint density at radius 1 is 0.966 bits per heavy atom. The van der Waals surface area contributed by atoms with Crippen molar-refractivity contribution >= 4 is 52.4 Å². The molecular formula is C39H56N8O11S. The number of nitrogens with zero attached hydrogens (tertiary/aromatic N) is 4. The number of hydrogen-bond acceptors (Lipinski definition) is 16. The number of pyridine rings is 1. The molecular weight excluding hydrogens is 789 g/mol. The molecule has 4 heterocycles. The largest absolute Gasteiger partial charge is 0.490 e. The maximum Gasteiger partial charge on any atom is 0.413 e. The Morgan fingerprint density at radius 3 is 2.25 bits per heavy atom. The number of ether oxygens (including phenoxy) is 4. The summed E-state index contributed by atoms with van der Waals surface area (Å²) in [5, 5.41) is 14.8. The minimum Gasteiger partial charge on any atom is -0.490 e. The quantitative estimate of drug-likeness (QED) is 0.0538. The van der Waals surface area contributed by atoms with Gasteiger partial charge in [-0.1, -0.05) is 43.6 Å². The lowest BCUT2D eigenvalue weighted by Gasteiger charge is -2.37. The highest BCUT2D eigenvalue weighted by molar-refractivity contribution is 8.14. The lowest BCUT2D eigenvalue weighted by Crippen LogP contribution is -2.72. The van der Waals surface area contributed by atoms with Crippen LogP contribution in [0, 0.1) is 0 Å². The molecule has 0 aliphatic carbocycles. The molecule has 59 heavy (non-hydrogen) atoms. The topological polar surface area (TPSA) is 243 Å². The van der Waals surface area contributed by atoms with Crippen molar-refractivity contribution in [1.29, 1.82) is 0 Å². The zero-order valence-electron chi connectivity index (χ0n) is 35.3. The van der Waals surface area contributed by atoms with Gasteiger partial charge in [-0.3, -0.25) is 24.7 Å². The number of hydrogen-bond donors (Lipinski definition) is 4. The summed E-state index contributed by atoms with van der Waals surface area (Å²) in [7, 11) is 0. The molecule has 1 fully saturated rings. The fourth-order valence-electron chi connectivity index (χ4n) is 5.03. The number of carbonyl (C=O) groups excluding carboxylic acids is 5. The standard InChI is InChI=1S/C39H56N8O11S/c1-11-13-15-53-26-17-22(40-19-27(26)54-16-14-12-2)33-43-24(20-55-33)30(48)41-18-23-28(31(49)42-23)45-32(50)29(47-58-39(9,10)34(51)56-37(3,4)5)25-21-59-35(44-25)46-36(52)57-38(6,7)8/h17,19-20,23,25,28H,11-16,18,21H2,1-10H3,(H,41,48)(H,42,49)(H,45,50)(H,44,46,52)/b47-29-/t23-,25?,28+/m1/s1. The number of oxazole rings is 1. The van der Waals surface area contributed by atoms with E-state index in [-0.39, 0.29) is 34.8 Å². The number of aromatic nitrogens is 2. The molecule has 2 aromatic rings. The van der Waals surface area contributed by atoms with Crippen LogP contribution in [0.1, 0.15) is 105 Å². The summed E-state index contributed by atoms with van der Waals surface area (Å²) in [6.45, 7) is 18.1. The van der Waals surface area contributed by atoms with E-state index < -0.39 is 64.7 Å². The number of oxime groups is 1. The number of amides is 4. The molecule has 1 saturated heterocycles. The number of amidine groups is 1. The van der Waals surface area contributed by atoms with Crippen molar-refractivity contribution in [2.24, 2.45) is 10.1 Å². The Bertz CT molecular complexity index is 1900. The second kappa shape index (κ2) is 20.0. The first-order valence-corrected chi connectivity index (χ1v) is 20.5. The summed E-state index contributed by atoms with van der Waals surface area (Å²) in [4.78, 5) is 83.6. The van der Waals surface area contributed by atoms with Gasteiger partial charge in [-0.2, -0.15) is 0 Å². The fraction of sp³-hybridized carbons (Fsp3) is 0.615. The predicted octanol–water partition coefficient (Wildman–Crippen LogP) is 4.30. The number of carbonyl (C=O) groups is 5. The normalized spacial score (nSPS) is 18.1. The Morgan fingerprint density at radius 2 is 1.63 bits per heavy atom. The van der Waals surface area contributed by atoms with Crippen molar-refractivity contribution in [2.45, 2.75) is 130 Å². The number of esters is 1. The van der Waals surface area contributed by atoms with E-state index in [9.17, 15) is 24.0 Å². The smallest absolute Gasteiger partial charge is 0.413 e. The monoisotopic (exact) mass is 844 g/mol. The van der Waals surface area contributed by atoms with E-state index >= 15 is 0 Å². The molecule has 2 aliphatic heterocycles. The van der Waals surface area contributed by atoms with Gasteiger partial charge in [0, 0.05) is 18.4 Å². The van der Waals surface area contributed by atoms with Gasteiger partial charge in [-0.25, -0.2) is 19.6 Å². The molecule has 4 rings (SSSR count). The first kappa shape index (κ1) is 46.3. The van der Waals surface area contributed by atoms with E-state index in [1.54, 1.807) is 47.6 Å². The zero-order valence-corrected chi connectivity index (χ0v) is 36.1. The number of β-lactam (4-membered cyclic amide) rings is 1. The van der Waals surface area contributed by atoms with Gasteiger partial charge in [0.1, 0.15) is 35.2 Å². The van der Waals surface area contributed by atoms with Gasteiger partial charge >= 0.3 is 12.1 Å². The molecule has 4 amide bonds. The second-order valence-corrected chi connectivity index (χ2v) is 17.2. The van der Waals surface area contributed by atoms with E-state index in [0.29, 0.717) is 30.4 Å². The van der Waals surface area contributed by atoms with Crippen LogP contribution in [-0.4, -0.2) is 111 Å².